The summed E-state index contributed by atoms with van der Waals surface area (Å²) in [6.45, 7) is 0. The molecule has 0 amide bonds. The first-order chi connectivity index (χ1) is 7.90. The minimum Gasteiger partial charge on any atom is -0.197 e. The van der Waals surface area contributed by atoms with E-state index >= 15 is 0 Å². The lowest BCUT2D eigenvalue weighted by atomic mass is 10.2. The molecule has 0 radical (unpaired) electrons. The second-order valence-electron chi connectivity index (χ2n) is 3.35. The van der Waals surface area contributed by atoms with Crippen LogP contribution in [0.2, 0.25) is 0 Å². The summed E-state index contributed by atoms with van der Waals surface area (Å²) in [6, 6.07) is 22.2. The molecule has 1 unspecified atom stereocenters. The van der Waals surface area contributed by atoms with E-state index < -0.39 is 0 Å². The summed E-state index contributed by atoms with van der Waals surface area (Å²) < 4.78 is 0. The maximum atomic E-state index is 9.17. The quantitative estimate of drug-likeness (QED) is 0.736. The number of hydrogen-bond donors (Lipinski definition) is 0. The topological polar surface area (TPSA) is 23.8 Å². The van der Waals surface area contributed by atoms with Gasteiger partial charge in [0.2, 0.25) is 0 Å². The fraction of sp³-hybridized carbons (Fsp3) is 0.0714. The Hall–Kier alpha value is -1.72. The lowest BCUT2D eigenvalue weighted by molar-refractivity contribution is 1.22. The van der Waals surface area contributed by atoms with Crippen molar-refractivity contribution in [1.29, 1.82) is 5.26 Å². The van der Waals surface area contributed by atoms with Gasteiger partial charge in [0, 0.05) is 4.90 Å². The van der Waals surface area contributed by atoms with Crippen LogP contribution >= 0.6 is 11.8 Å². The first-order valence-electron chi connectivity index (χ1n) is 5.06. The molecule has 0 aromatic heterocycles. The Bertz CT molecular complexity index is 473. The normalized spacial score (nSPS) is 11.7. The van der Waals surface area contributed by atoms with E-state index in [4.69, 9.17) is 5.26 Å². The molecule has 0 heterocycles. The Morgan fingerprint density at radius 2 is 1.44 bits per heavy atom. The zero-order chi connectivity index (χ0) is 11.2. The van der Waals surface area contributed by atoms with Crippen LogP contribution in [-0.4, -0.2) is 0 Å². The van der Waals surface area contributed by atoms with Crippen LogP contribution < -0.4 is 0 Å². The van der Waals surface area contributed by atoms with Crippen molar-refractivity contribution >= 4 is 11.8 Å². The molecule has 16 heavy (non-hydrogen) atoms. The molecule has 2 aromatic rings. The first-order valence-corrected chi connectivity index (χ1v) is 5.94. The highest BCUT2D eigenvalue weighted by molar-refractivity contribution is 7.99. The van der Waals surface area contributed by atoms with Crippen LogP contribution in [0.1, 0.15) is 10.8 Å². The van der Waals surface area contributed by atoms with E-state index in [2.05, 4.69) is 6.07 Å². The Labute approximate surface area is 99.7 Å². The standard InChI is InChI=1S/C14H11NS/c15-11-14(12-7-3-1-4-8-12)16-13-9-5-2-6-10-13/h1-10,14H. The van der Waals surface area contributed by atoms with Gasteiger partial charge in [0.05, 0.1) is 6.07 Å². The fourth-order valence-electron chi connectivity index (χ4n) is 1.43. The summed E-state index contributed by atoms with van der Waals surface area (Å²) in [6.07, 6.45) is 0. The molecule has 2 aromatic carbocycles. The summed E-state index contributed by atoms with van der Waals surface area (Å²) in [7, 11) is 0. The maximum Gasteiger partial charge on any atom is 0.121 e. The van der Waals surface area contributed by atoms with Crippen molar-refractivity contribution in [2.24, 2.45) is 0 Å². The molecule has 1 nitrogen and oxygen atoms in total. The number of nitrogens with zero attached hydrogens (tertiary/aromatic N) is 1. The van der Waals surface area contributed by atoms with E-state index in [1.54, 1.807) is 11.8 Å². The summed E-state index contributed by atoms with van der Waals surface area (Å²) in [5.74, 6) is 0. The average molecular weight is 225 g/mol. The molecule has 78 valence electrons. The van der Waals surface area contributed by atoms with Crippen LogP contribution in [0, 0.1) is 11.3 Å². The Kier molecular flexibility index (Phi) is 3.63. The van der Waals surface area contributed by atoms with E-state index in [0.29, 0.717) is 0 Å². The summed E-state index contributed by atoms with van der Waals surface area (Å²) >= 11 is 1.58. The lowest BCUT2D eigenvalue weighted by Gasteiger charge is -2.08. The van der Waals surface area contributed by atoms with Gasteiger partial charge >= 0.3 is 0 Å². The van der Waals surface area contributed by atoms with Gasteiger partial charge in [-0.3, -0.25) is 0 Å². The summed E-state index contributed by atoms with van der Waals surface area (Å²) in [4.78, 5) is 1.12. The molecular formula is C14H11NS. The zero-order valence-corrected chi connectivity index (χ0v) is 9.52. The van der Waals surface area contributed by atoms with Crippen LogP contribution in [-0.2, 0) is 0 Å². The molecule has 0 N–H and O–H groups in total. The van der Waals surface area contributed by atoms with Crippen LogP contribution in [0.15, 0.2) is 65.6 Å². The van der Waals surface area contributed by atoms with Gasteiger partial charge in [-0.25, -0.2) is 0 Å². The fourth-order valence-corrected chi connectivity index (χ4v) is 2.36. The average Bonchev–Trinajstić information content (AvgIpc) is 2.38. The van der Waals surface area contributed by atoms with Crippen LogP contribution in [0.5, 0.6) is 0 Å². The minimum absolute atomic E-state index is 0.136. The zero-order valence-electron chi connectivity index (χ0n) is 8.71. The van der Waals surface area contributed by atoms with Crippen molar-refractivity contribution in [2.45, 2.75) is 10.1 Å². The molecule has 0 aliphatic heterocycles. The molecule has 0 saturated carbocycles. The smallest absolute Gasteiger partial charge is 0.121 e. The van der Waals surface area contributed by atoms with E-state index in [0.717, 1.165) is 10.5 Å². The highest BCUT2D eigenvalue weighted by Crippen LogP contribution is 2.34. The van der Waals surface area contributed by atoms with Gasteiger partial charge in [-0.05, 0) is 17.7 Å². The molecule has 1 atom stereocenters. The second kappa shape index (κ2) is 5.39. The van der Waals surface area contributed by atoms with Gasteiger partial charge in [0.15, 0.2) is 0 Å². The molecule has 0 aliphatic carbocycles. The van der Waals surface area contributed by atoms with Crippen molar-refractivity contribution in [3.05, 3.63) is 66.2 Å². The monoisotopic (exact) mass is 225 g/mol. The van der Waals surface area contributed by atoms with Crippen molar-refractivity contribution in [3.63, 3.8) is 0 Å². The van der Waals surface area contributed by atoms with Gasteiger partial charge in [0.25, 0.3) is 0 Å². The molecule has 0 spiro atoms. The predicted molar refractivity (Wildman–Crippen MR) is 67.1 cm³/mol. The number of nitriles is 1. The number of rotatable bonds is 3. The highest BCUT2D eigenvalue weighted by atomic mass is 32.2. The lowest BCUT2D eigenvalue weighted by Crippen LogP contribution is -1.89. The van der Waals surface area contributed by atoms with Crippen LogP contribution in [0.4, 0.5) is 0 Å². The molecule has 0 bridgehead atoms. The molecule has 2 rings (SSSR count). The van der Waals surface area contributed by atoms with Gasteiger partial charge in [-0.1, -0.05) is 48.5 Å². The largest absolute Gasteiger partial charge is 0.197 e. The molecule has 0 fully saturated rings. The van der Waals surface area contributed by atoms with Crippen molar-refractivity contribution < 1.29 is 0 Å². The third-order valence-corrected chi connectivity index (χ3v) is 3.37. The van der Waals surface area contributed by atoms with E-state index in [-0.39, 0.29) is 5.25 Å². The Balaban J connectivity index is 2.17. The summed E-state index contributed by atoms with van der Waals surface area (Å²) in [5, 5.41) is 9.03. The summed E-state index contributed by atoms with van der Waals surface area (Å²) in [5.41, 5.74) is 1.05. The third-order valence-electron chi connectivity index (χ3n) is 2.22. The van der Waals surface area contributed by atoms with Crippen molar-refractivity contribution in [3.8, 4) is 6.07 Å². The highest BCUT2D eigenvalue weighted by Gasteiger charge is 2.10. The van der Waals surface area contributed by atoms with Gasteiger partial charge in [-0.2, -0.15) is 5.26 Å². The Morgan fingerprint density at radius 3 is 2.00 bits per heavy atom. The number of thioether (sulfide) groups is 1. The number of benzene rings is 2. The molecule has 2 heteroatoms. The number of hydrogen-bond acceptors (Lipinski definition) is 2. The minimum atomic E-state index is -0.136. The van der Waals surface area contributed by atoms with Crippen molar-refractivity contribution in [1.82, 2.24) is 0 Å². The molecular weight excluding hydrogens is 214 g/mol. The molecule has 0 aliphatic rings. The first kappa shape index (κ1) is 10.8. The van der Waals surface area contributed by atoms with E-state index in [1.165, 1.54) is 0 Å². The SMILES string of the molecule is N#CC(Sc1ccccc1)c1ccccc1. The van der Waals surface area contributed by atoms with Gasteiger partial charge < -0.3 is 0 Å². The third kappa shape index (κ3) is 2.65. The van der Waals surface area contributed by atoms with Crippen molar-refractivity contribution in [2.75, 3.05) is 0 Å². The van der Waals surface area contributed by atoms with E-state index in [1.807, 2.05) is 60.7 Å². The predicted octanol–water partition coefficient (Wildman–Crippen LogP) is 4.04. The van der Waals surface area contributed by atoms with Gasteiger partial charge in [0.1, 0.15) is 5.25 Å². The van der Waals surface area contributed by atoms with Gasteiger partial charge in [-0.15, -0.1) is 11.8 Å². The van der Waals surface area contributed by atoms with Crippen LogP contribution in [0.25, 0.3) is 0 Å². The Morgan fingerprint density at radius 1 is 0.875 bits per heavy atom. The maximum absolute atomic E-state index is 9.17. The molecule has 0 saturated heterocycles. The van der Waals surface area contributed by atoms with E-state index in [9.17, 15) is 0 Å². The second-order valence-corrected chi connectivity index (χ2v) is 4.53. The van der Waals surface area contributed by atoms with Crippen LogP contribution in [0.3, 0.4) is 0 Å².